The second-order valence-corrected chi connectivity index (χ2v) is 4.40. The summed E-state index contributed by atoms with van der Waals surface area (Å²) >= 11 is 11.4. The molecule has 16 heavy (non-hydrogen) atoms. The fourth-order valence-corrected chi connectivity index (χ4v) is 2.11. The van der Waals surface area contributed by atoms with Crippen molar-refractivity contribution in [1.29, 1.82) is 0 Å². The Morgan fingerprint density at radius 2 is 1.94 bits per heavy atom. The standard InChI is InChI=1S/C11H8Cl2FNO/c1-4-5(2)15-7-3-6(12)10(14)9(13)8(7)11(4)16/h3H,1-2H3,(H,15,16). The lowest BCUT2D eigenvalue weighted by Crippen LogP contribution is -2.10. The number of hydrogen-bond donors (Lipinski definition) is 1. The number of rotatable bonds is 0. The van der Waals surface area contributed by atoms with Gasteiger partial charge in [0.05, 0.1) is 20.9 Å². The van der Waals surface area contributed by atoms with Gasteiger partial charge >= 0.3 is 0 Å². The van der Waals surface area contributed by atoms with Gasteiger partial charge in [-0.25, -0.2) is 4.39 Å². The van der Waals surface area contributed by atoms with E-state index in [9.17, 15) is 9.18 Å². The summed E-state index contributed by atoms with van der Waals surface area (Å²) in [6.45, 7) is 3.43. The van der Waals surface area contributed by atoms with E-state index in [1.807, 2.05) is 0 Å². The maximum Gasteiger partial charge on any atom is 0.194 e. The fraction of sp³-hybridized carbons (Fsp3) is 0.182. The number of fused-ring (bicyclic) bond motifs is 1. The van der Waals surface area contributed by atoms with Crippen LogP contribution in [0.5, 0.6) is 0 Å². The third-order valence-corrected chi connectivity index (χ3v) is 3.24. The van der Waals surface area contributed by atoms with Gasteiger partial charge in [-0.2, -0.15) is 0 Å². The molecule has 0 saturated carbocycles. The van der Waals surface area contributed by atoms with Crippen molar-refractivity contribution in [3.05, 3.63) is 43.4 Å². The second kappa shape index (κ2) is 3.75. The second-order valence-electron chi connectivity index (χ2n) is 3.61. The molecule has 1 N–H and O–H groups in total. The van der Waals surface area contributed by atoms with E-state index in [4.69, 9.17) is 23.2 Å². The molecular weight excluding hydrogens is 252 g/mol. The van der Waals surface area contributed by atoms with Gasteiger partial charge in [-0.05, 0) is 19.9 Å². The number of hydrogen-bond acceptors (Lipinski definition) is 1. The highest BCUT2D eigenvalue weighted by Gasteiger charge is 2.15. The summed E-state index contributed by atoms with van der Waals surface area (Å²) in [5.41, 5.74) is 1.42. The Kier molecular flexibility index (Phi) is 2.68. The summed E-state index contributed by atoms with van der Waals surface area (Å²) < 4.78 is 13.5. The van der Waals surface area contributed by atoms with E-state index in [0.717, 1.165) is 5.69 Å². The van der Waals surface area contributed by atoms with Crippen LogP contribution in [-0.4, -0.2) is 4.98 Å². The zero-order chi connectivity index (χ0) is 12.0. The van der Waals surface area contributed by atoms with Crippen LogP contribution in [0.3, 0.4) is 0 Å². The summed E-state index contributed by atoms with van der Waals surface area (Å²) in [5, 5.41) is -0.185. The van der Waals surface area contributed by atoms with Gasteiger partial charge in [-0.3, -0.25) is 4.79 Å². The normalized spacial score (nSPS) is 11.1. The monoisotopic (exact) mass is 259 g/mol. The number of aromatic amines is 1. The van der Waals surface area contributed by atoms with E-state index in [1.54, 1.807) is 13.8 Å². The average Bonchev–Trinajstić information content (AvgIpc) is 2.23. The Morgan fingerprint density at radius 3 is 2.56 bits per heavy atom. The molecule has 2 aromatic rings. The van der Waals surface area contributed by atoms with Gasteiger partial charge in [-0.15, -0.1) is 0 Å². The van der Waals surface area contributed by atoms with Crippen LogP contribution >= 0.6 is 23.2 Å². The van der Waals surface area contributed by atoms with Crippen molar-refractivity contribution in [2.45, 2.75) is 13.8 Å². The molecule has 0 bridgehead atoms. The molecule has 0 amide bonds. The Labute approximate surface area is 101 Å². The lowest BCUT2D eigenvalue weighted by Gasteiger charge is -2.07. The van der Waals surface area contributed by atoms with Crippen molar-refractivity contribution >= 4 is 34.1 Å². The third-order valence-electron chi connectivity index (χ3n) is 2.61. The van der Waals surface area contributed by atoms with Gasteiger partial charge in [0.25, 0.3) is 0 Å². The molecule has 2 nitrogen and oxygen atoms in total. The van der Waals surface area contributed by atoms with Gasteiger partial charge < -0.3 is 4.98 Å². The van der Waals surface area contributed by atoms with Crippen LogP contribution < -0.4 is 5.43 Å². The van der Waals surface area contributed by atoms with Crippen molar-refractivity contribution in [2.75, 3.05) is 0 Å². The molecule has 0 aliphatic rings. The minimum Gasteiger partial charge on any atom is -0.358 e. The van der Waals surface area contributed by atoms with Crippen LogP contribution in [0.1, 0.15) is 11.3 Å². The molecule has 0 aliphatic heterocycles. The molecule has 0 atom stereocenters. The van der Waals surface area contributed by atoms with Gasteiger partial charge in [0.1, 0.15) is 0 Å². The van der Waals surface area contributed by atoms with E-state index in [2.05, 4.69) is 4.98 Å². The molecule has 84 valence electrons. The predicted molar refractivity (Wildman–Crippen MR) is 64.0 cm³/mol. The molecule has 1 heterocycles. The first-order valence-electron chi connectivity index (χ1n) is 4.60. The van der Waals surface area contributed by atoms with Crippen LogP contribution in [0.4, 0.5) is 4.39 Å². The van der Waals surface area contributed by atoms with Gasteiger partial charge in [0, 0.05) is 11.3 Å². The predicted octanol–water partition coefficient (Wildman–Crippen LogP) is 3.59. The minimum absolute atomic E-state index is 0.101. The van der Waals surface area contributed by atoms with Crippen LogP contribution in [0.15, 0.2) is 10.9 Å². The largest absolute Gasteiger partial charge is 0.358 e. The summed E-state index contributed by atoms with van der Waals surface area (Å²) in [4.78, 5) is 14.9. The van der Waals surface area contributed by atoms with Gasteiger partial charge in [-0.1, -0.05) is 23.2 Å². The number of pyridine rings is 1. The Hall–Kier alpha value is -1.06. The van der Waals surface area contributed by atoms with Crippen molar-refractivity contribution in [3.63, 3.8) is 0 Å². The zero-order valence-corrected chi connectivity index (χ0v) is 10.1. The molecule has 0 radical (unpaired) electrons. The van der Waals surface area contributed by atoms with Crippen LogP contribution in [0, 0.1) is 19.7 Å². The average molecular weight is 260 g/mol. The van der Waals surface area contributed by atoms with E-state index in [-0.39, 0.29) is 20.9 Å². The lowest BCUT2D eigenvalue weighted by atomic mass is 10.1. The van der Waals surface area contributed by atoms with Crippen molar-refractivity contribution < 1.29 is 4.39 Å². The number of H-pyrrole nitrogens is 1. The summed E-state index contributed by atoms with van der Waals surface area (Å²) in [6, 6.07) is 1.37. The molecule has 0 unspecified atom stereocenters. The number of benzene rings is 1. The highest BCUT2D eigenvalue weighted by Crippen LogP contribution is 2.29. The number of nitrogens with one attached hydrogen (secondary N) is 1. The third kappa shape index (κ3) is 1.51. The summed E-state index contributed by atoms with van der Waals surface area (Å²) in [5.74, 6) is -0.760. The number of aromatic nitrogens is 1. The number of halogens is 3. The SMILES string of the molecule is Cc1[nH]c2cc(Cl)c(F)c(Cl)c2c(=O)c1C. The molecule has 0 fully saturated rings. The molecule has 5 heteroatoms. The van der Waals surface area contributed by atoms with E-state index in [0.29, 0.717) is 11.1 Å². The molecule has 0 spiro atoms. The topological polar surface area (TPSA) is 32.9 Å². The lowest BCUT2D eigenvalue weighted by molar-refractivity contribution is 0.630. The van der Waals surface area contributed by atoms with Crippen LogP contribution in [-0.2, 0) is 0 Å². The van der Waals surface area contributed by atoms with Gasteiger partial charge in [0.2, 0.25) is 0 Å². The smallest absolute Gasteiger partial charge is 0.194 e. The van der Waals surface area contributed by atoms with Crippen LogP contribution in [0.2, 0.25) is 10.0 Å². The molecule has 0 aliphatic carbocycles. The minimum atomic E-state index is -0.760. The molecule has 1 aromatic heterocycles. The molecule has 2 rings (SSSR count). The molecule has 0 saturated heterocycles. The Bertz CT molecular complexity index is 643. The molecular formula is C11H8Cl2FNO. The van der Waals surface area contributed by atoms with Crippen molar-refractivity contribution in [2.24, 2.45) is 0 Å². The first-order valence-corrected chi connectivity index (χ1v) is 5.35. The fourth-order valence-electron chi connectivity index (χ4n) is 1.57. The quantitative estimate of drug-likeness (QED) is 0.721. The number of aryl methyl sites for hydroxylation is 1. The summed E-state index contributed by atoms with van der Waals surface area (Å²) in [6.07, 6.45) is 0. The van der Waals surface area contributed by atoms with E-state index < -0.39 is 5.82 Å². The van der Waals surface area contributed by atoms with E-state index in [1.165, 1.54) is 6.07 Å². The van der Waals surface area contributed by atoms with Crippen molar-refractivity contribution in [3.8, 4) is 0 Å². The first kappa shape index (κ1) is 11.4. The Morgan fingerprint density at radius 1 is 1.31 bits per heavy atom. The highest BCUT2D eigenvalue weighted by atomic mass is 35.5. The maximum absolute atomic E-state index is 13.5. The summed E-state index contributed by atoms with van der Waals surface area (Å²) in [7, 11) is 0. The first-order chi connectivity index (χ1) is 7.43. The maximum atomic E-state index is 13.5. The zero-order valence-electron chi connectivity index (χ0n) is 8.62. The molecule has 1 aromatic carbocycles. The van der Waals surface area contributed by atoms with E-state index >= 15 is 0 Å². The van der Waals surface area contributed by atoms with Gasteiger partial charge in [0.15, 0.2) is 11.2 Å². The van der Waals surface area contributed by atoms with Crippen LogP contribution in [0.25, 0.3) is 10.9 Å². The Balaban J connectivity index is 3.10. The highest BCUT2D eigenvalue weighted by molar-refractivity contribution is 6.38. The van der Waals surface area contributed by atoms with Crippen molar-refractivity contribution in [1.82, 2.24) is 4.98 Å².